The molecule has 0 bridgehead atoms. The molecular weight excluding hydrogens is 505 g/mol. The van der Waals surface area contributed by atoms with Crippen LogP contribution in [-0.4, -0.2) is 45.9 Å². The van der Waals surface area contributed by atoms with Crippen molar-refractivity contribution in [1.82, 2.24) is 25.1 Å². The summed E-state index contributed by atoms with van der Waals surface area (Å²) in [6, 6.07) is 8.90. The topological polar surface area (TPSA) is 95.1 Å². The number of thioether (sulfide) groups is 1. The molecule has 0 saturated carbocycles. The van der Waals surface area contributed by atoms with Crippen LogP contribution in [0.25, 0.3) is 17.3 Å². The number of methoxy groups -OCH3 is 1. The Bertz CT molecular complexity index is 1230. The summed E-state index contributed by atoms with van der Waals surface area (Å²) in [6.07, 6.45) is 2.32. The zero-order valence-electron chi connectivity index (χ0n) is 17.5. The van der Waals surface area contributed by atoms with Gasteiger partial charge in [0.2, 0.25) is 5.82 Å². The predicted octanol–water partition coefficient (Wildman–Crippen LogP) is 5.35. The van der Waals surface area contributed by atoms with Crippen molar-refractivity contribution in [3.8, 4) is 17.3 Å². The third-order valence-electron chi connectivity index (χ3n) is 4.46. The molecule has 4 aromatic rings. The maximum Gasteiger partial charge on any atom is 0.270 e. The standard InChI is InChI=1S/C21H19Cl2N5O3S2/c1-30-8-3-7-24-20(29)16-11-32-18(25-16)12-33-21-27-26-19(17-4-2-9-31-17)28(21)13-5-6-14(22)15(23)10-13/h2,4-6,9-11H,3,7-8,12H2,1H3,(H,24,29). The molecular formula is C21H19Cl2N5O3S2. The number of aromatic nitrogens is 4. The fourth-order valence-electron chi connectivity index (χ4n) is 2.90. The van der Waals surface area contributed by atoms with Gasteiger partial charge >= 0.3 is 0 Å². The van der Waals surface area contributed by atoms with E-state index in [1.54, 1.807) is 37.0 Å². The Morgan fingerprint density at radius 1 is 1.27 bits per heavy atom. The minimum atomic E-state index is -0.197. The Morgan fingerprint density at radius 3 is 2.91 bits per heavy atom. The van der Waals surface area contributed by atoms with Crippen LogP contribution in [0.3, 0.4) is 0 Å². The van der Waals surface area contributed by atoms with Gasteiger partial charge in [-0.3, -0.25) is 9.36 Å². The van der Waals surface area contributed by atoms with Crippen molar-refractivity contribution in [3.63, 3.8) is 0 Å². The van der Waals surface area contributed by atoms with Crippen molar-refractivity contribution in [2.75, 3.05) is 20.3 Å². The number of hydrogen-bond donors (Lipinski definition) is 1. The number of ether oxygens (including phenoxy) is 1. The number of carbonyl (C=O) groups excluding carboxylic acids is 1. The molecule has 8 nitrogen and oxygen atoms in total. The normalized spacial score (nSPS) is 11.1. The summed E-state index contributed by atoms with van der Waals surface area (Å²) >= 11 is 15.2. The lowest BCUT2D eigenvalue weighted by Crippen LogP contribution is -2.25. The SMILES string of the molecule is COCCCNC(=O)c1csc(CSc2nnc(-c3ccco3)n2-c2ccc(Cl)c(Cl)c2)n1. The number of carbonyl (C=O) groups is 1. The van der Waals surface area contributed by atoms with Gasteiger partial charge in [0, 0.05) is 25.6 Å². The first-order valence-electron chi connectivity index (χ1n) is 9.86. The predicted molar refractivity (Wildman–Crippen MR) is 130 cm³/mol. The van der Waals surface area contributed by atoms with Crippen LogP contribution in [0.4, 0.5) is 0 Å². The summed E-state index contributed by atoms with van der Waals surface area (Å²) in [5.74, 6) is 1.43. The van der Waals surface area contributed by atoms with Gasteiger partial charge in [-0.25, -0.2) is 4.98 Å². The summed E-state index contributed by atoms with van der Waals surface area (Å²) < 4.78 is 12.4. The molecule has 4 rings (SSSR count). The van der Waals surface area contributed by atoms with Crippen molar-refractivity contribution < 1.29 is 13.9 Å². The molecule has 3 aromatic heterocycles. The molecule has 33 heavy (non-hydrogen) atoms. The summed E-state index contributed by atoms with van der Waals surface area (Å²) in [5.41, 5.74) is 1.15. The number of furan rings is 1. The van der Waals surface area contributed by atoms with E-state index in [4.69, 9.17) is 32.4 Å². The highest BCUT2D eigenvalue weighted by molar-refractivity contribution is 7.98. The van der Waals surface area contributed by atoms with Crippen molar-refractivity contribution >= 4 is 52.2 Å². The van der Waals surface area contributed by atoms with Crippen LogP contribution in [0, 0.1) is 0 Å². The second-order valence-electron chi connectivity index (χ2n) is 6.73. The van der Waals surface area contributed by atoms with E-state index in [0.717, 1.165) is 17.1 Å². The van der Waals surface area contributed by atoms with Crippen LogP contribution in [0.2, 0.25) is 10.0 Å². The molecule has 0 atom stereocenters. The average molecular weight is 524 g/mol. The number of nitrogens with one attached hydrogen (secondary N) is 1. The summed E-state index contributed by atoms with van der Waals surface area (Å²) in [5, 5.41) is 15.5. The number of hydrogen-bond acceptors (Lipinski definition) is 8. The molecule has 0 aliphatic carbocycles. The molecule has 0 aliphatic rings. The zero-order chi connectivity index (χ0) is 23.2. The van der Waals surface area contributed by atoms with Crippen LogP contribution in [-0.2, 0) is 10.5 Å². The maximum atomic E-state index is 12.3. The lowest BCUT2D eigenvalue weighted by atomic mass is 10.3. The van der Waals surface area contributed by atoms with Crippen LogP contribution >= 0.6 is 46.3 Å². The summed E-state index contributed by atoms with van der Waals surface area (Å²) in [4.78, 5) is 16.7. The Balaban J connectivity index is 1.52. The van der Waals surface area contributed by atoms with E-state index < -0.39 is 0 Å². The van der Waals surface area contributed by atoms with E-state index in [2.05, 4.69) is 20.5 Å². The van der Waals surface area contributed by atoms with E-state index in [9.17, 15) is 4.79 Å². The number of halogens is 2. The third-order valence-corrected chi connectivity index (χ3v) is 7.17. The van der Waals surface area contributed by atoms with Gasteiger partial charge in [0.25, 0.3) is 5.91 Å². The molecule has 1 N–H and O–H groups in total. The van der Waals surface area contributed by atoms with Crippen molar-refractivity contribution in [1.29, 1.82) is 0 Å². The minimum absolute atomic E-state index is 0.197. The van der Waals surface area contributed by atoms with E-state index in [-0.39, 0.29) is 5.91 Å². The Kier molecular flexibility index (Phi) is 8.05. The van der Waals surface area contributed by atoms with Crippen LogP contribution in [0.5, 0.6) is 0 Å². The lowest BCUT2D eigenvalue weighted by molar-refractivity contribution is 0.0944. The Labute approximate surface area is 208 Å². The van der Waals surface area contributed by atoms with Gasteiger partial charge in [-0.15, -0.1) is 21.5 Å². The molecule has 0 unspecified atom stereocenters. The first kappa shape index (κ1) is 23.8. The van der Waals surface area contributed by atoms with Crippen molar-refractivity contribution in [3.05, 3.63) is 62.7 Å². The largest absolute Gasteiger partial charge is 0.461 e. The Hall–Kier alpha value is -2.37. The van der Waals surface area contributed by atoms with E-state index >= 15 is 0 Å². The highest BCUT2D eigenvalue weighted by Crippen LogP contribution is 2.33. The molecule has 0 fully saturated rings. The first-order valence-corrected chi connectivity index (χ1v) is 12.5. The number of rotatable bonds is 10. The number of amides is 1. The number of nitrogens with zero attached hydrogens (tertiary/aromatic N) is 4. The van der Waals surface area contributed by atoms with Gasteiger partial charge in [-0.1, -0.05) is 35.0 Å². The molecule has 3 heterocycles. The molecule has 0 aliphatic heterocycles. The monoisotopic (exact) mass is 523 g/mol. The fourth-order valence-corrected chi connectivity index (χ4v) is 4.94. The number of benzene rings is 1. The minimum Gasteiger partial charge on any atom is -0.461 e. The zero-order valence-corrected chi connectivity index (χ0v) is 20.6. The van der Waals surface area contributed by atoms with Gasteiger partial charge in [0.15, 0.2) is 10.9 Å². The second kappa shape index (κ2) is 11.2. The lowest BCUT2D eigenvalue weighted by Gasteiger charge is -2.10. The molecule has 12 heteroatoms. The van der Waals surface area contributed by atoms with Gasteiger partial charge in [-0.2, -0.15) is 0 Å². The Morgan fingerprint density at radius 2 is 2.15 bits per heavy atom. The van der Waals surface area contributed by atoms with E-state index in [0.29, 0.717) is 51.4 Å². The van der Waals surface area contributed by atoms with Gasteiger partial charge in [-0.05, 0) is 36.8 Å². The van der Waals surface area contributed by atoms with Crippen molar-refractivity contribution in [2.24, 2.45) is 0 Å². The highest BCUT2D eigenvalue weighted by Gasteiger charge is 2.19. The molecule has 1 aromatic carbocycles. The maximum absolute atomic E-state index is 12.3. The van der Waals surface area contributed by atoms with Crippen molar-refractivity contribution in [2.45, 2.75) is 17.3 Å². The first-order chi connectivity index (χ1) is 16.1. The molecule has 172 valence electrons. The molecule has 1 amide bonds. The smallest absolute Gasteiger partial charge is 0.270 e. The van der Waals surface area contributed by atoms with Crippen LogP contribution < -0.4 is 5.32 Å². The second-order valence-corrected chi connectivity index (χ2v) is 9.43. The highest BCUT2D eigenvalue weighted by atomic mass is 35.5. The number of thiazole rings is 1. The summed E-state index contributed by atoms with van der Waals surface area (Å²) in [7, 11) is 1.63. The average Bonchev–Trinajstić information content (AvgIpc) is 3.57. The third kappa shape index (κ3) is 5.77. The van der Waals surface area contributed by atoms with Gasteiger partial charge < -0.3 is 14.5 Å². The fraction of sp³-hybridized carbons (Fsp3) is 0.238. The van der Waals surface area contributed by atoms with Gasteiger partial charge in [0.1, 0.15) is 10.7 Å². The molecule has 0 saturated heterocycles. The van der Waals surface area contributed by atoms with E-state index in [1.807, 2.05) is 16.7 Å². The molecule has 0 radical (unpaired) electrons. The van der Waals surface area contributed by atoms with Gasteiger partial charge in [0.05, 0.1) is 27.7 Å². The van der Waals surface area contributed by atoms with Crippen LogP contribution in [0.15, 0.2) is 51.5 Å². The van der Waals surface area contributed by atoms with E-state index in [1.165, 1.54) is 23.1 Å². The quantitative estimate of drug-likeness (QED) is 0.221. The van der Waals surface area contributed by atoms with Crippen LogP contribution in [0.1, 0.15) is 21.9 Å². The molecule has 0 spiro atoms. The summed E-state index contributed by atoms with van der Waals surface area (Å²) in [6.45, 7) is 1.13.